The molecule has 5 heteroatoms. The molecule has 0 saturated carbocycles. The summed E-state index contributed by atoms with van der Waals surface area (Å²) in [6.45, 7) is 3.20. The number of fused-ring (bicyclic) bond motifs is 1. The van der Waals surface area contributed by atoms with Crippen LogP contribution in [0.1, 0.15) is 17.2 Å². The lowest BCUT2D eigenvalue weighted by Crippen LogP contribution is -2.29. The lowest BCUT2D eigenvalue weighted by Gasteiger charge is -2.27. The van der Waals surface area contributed by atoms with E-state index >= 15 is 0 Å². The number of rotatable bonds is 3. The van der Waals surface area contributed by atoms with Crippen LogP contribution in [0.25, 0.3) is 0 Å². The van der Waals surface area contributed by atoms with Crippen LogP contribution < -0.4 is 0 Å². The van der Waals surface area contributed by atoms with E-state index in [2.05, 4.69) is 41.1 Å². The summed E-state index contributed by atoms with van der Waals surface area (Å²) in [5.41, 5.74) is 1.54. The van der Waals surface area contributed by atoms with Gasteiger partial charge >= 0.3 is 0 Å². The average molecular weight is 365 g/mol. The van der Waals surface area contributed by atoms with Crippen LogP contribution in [0.5, 0.6) is 0 Å². The van der Waals surface area contributed by atoms with Crippen molar-refractivity contribution in [1.29, 1.82) is 0 Å². The van der Waals surface area contributed by atoms with Gasteiger partial charge in [-0.25, -0.2) is 8.78 Å². The summed E-state index contributed by atoms with van der Waals surface area (Å²) in [4.78, 5) is 4.63. The molecule has 2 nitrogen and oxygen atoms in total. The summed E-state index contributed by atoms with van der Waals surface area (Å²) >= 11 is 0. The zero-order valence-electron chi connectivity index (χ0n) is 14.2. The van der Waals surface area contributed by atoms with Crippen molar-refractivity contribution < 1.29 is 8.78 Å². The molecule has 4 rings (SSSR count). The standard InChI is InChI=1S/C20H22F2N2.ClH/c1-23-10-15-11-24(13-17-18(21)8-5-9-19(17)22)12-16(15)20(23)14-6-3-2-4-7-14;/h2-9,15-16,20H,10-13H2,1H3;1H/t15-,16+,20-;/m0./s1. The van der Waals surface area contributed by atoms with Crippen molar-refractivity contribution in [1.82, 2.24) is 9.80 Å². The molecule has 0 bridgehead atoms. The summed E-state index contributed by atoms with van der Waals surface area (Å²) in [6, 6.07) is 15.1. The maximum atomic E-state index is 13.9. The van der Waals surface area contributed by atoms with Gasteiger partial charge in [0.25, 0.3) is 0 Å². The van der Waals surface area contributed by atoms with Crippen LogP contribution in [0.2, 0.25) is 0 Å². The first-order chi connectivity index (χ1) is 11.6. The molecule has 2 aliphatic heterocycles. The Morgan fingerprint density at radius 3 is 2.28 bits per heavy atom. The Kier molecular flexibility index (Phi) is 5.42. The largest absolute Gasteiger partial charge is 0.299 e. The molecule has 2 aromatic carbocycles. The fraction of sp³-hybridized carbons (Fsp3) is 0.400. The molecule has 0 spiro atoms. The lowest BCUT2D eigenvalue weighted by atomic mass is 9.90. The van der Waals surface area contributed by atoms with Gasteiger partial charge in [0.2, 0.25) is 0 Å². The molecule has 2 aliphatic rings. The zero-order valence-corrected chi connectivity index (χ0v) is 15.1. The van der Waals surface area contributed by atoms with Crippen LogP contribution in [0.15, 0.2) is 48.5 Å². The van der Waals surface area contributed by atoms with Gasteiger partial charge in [-0.05, 0) is 36.6 Å². The van der Waals surface area contributed by atoms with Gasteiger partial charge in [-0.15, -0.1) is 12.4 Å². The topological polar surface area (TPSA) is 6.48 Å². The van der Waals surface area contributed by atoms with E-state index in [1.165, 1.54) is 23.8 Å². The van der Waals surface area contributed by atoms with Crippen molar-refractivity contribution in [2.24, 2.45) is 11.8 Å². The normalized spacial score (nSPS) is 26.4. The molecule has 0 N–H and O–H groups in total. The second-order valence-electron chi connectivity index (χ2n) is 7.11. The van der Waals surface area contributed by atoms with Crippen LogP contribution in [0.4, 0.5) is 8.78 Å². The first-order valence-electron chi connectivity index (χ1n) is 8.54. The first kappa shape index (κ1) is 18.3. The second-order valence-corrected chi connectivity index (χ2v) is 7.11. The summed E-state index contributed by atoms with van der Waals surface area (Å²) in [5.74, 6) is 0.204. The summed E-state index contributed by atoms with van der Waals surface area (Å²) in [5, 5.41) is 0. The van der Waals surface area contributed by atoms with E-state index < -0.39 is 11.6 Å². The highest BCUT2D eigenvalue weighted by Gasteiger charge is 2.46. The highest BCUT2D eigenvalue weighted by molar-refractivity contribution is 5.85. The van der Waals surface area contributed by atoms with Crippen molar-refractivity contribution >= 4 is 12.4 Å². The molecule has 2 aromatic rings. The smallest absolute Gasteiger partial charge is 0.130 e. The molecule has 2 heterocycles. The van der Waals surface area contributed by atoms with Gasteiger partial charge < -0.3 is 0 Å². The van der Waals surface area contributed by atoms with Gasteiger partial charge in [0.05, 0.1) is 0 Å². The van der Waals surface area contributed by atoms with E-state index in [1.54, 1.807) is 0 Å². The summed E-state index contributed by atoms with van der Waals surface area (Å²) < 4.78 is 27.8. The van der Waals surface area contributed by atoms with Gasteiger partial charge in [0.15, 0.2) is 0 Å². The van der Waals surface area contributed by atoms with Crippen molar-refractivity contribution in [3.63, 3.8) is 0 Å². The van der Waals surface area contributed by atoms with Crippen molar-refractivity contribution in [2.45, 2.75) is 12.6 Å². The molecule has 0 aromatic heterocycles. The Morgan fingerprint density at radius 1 is 0.920 bits per heavy atom. The predicted octanol–water partition coefficient (Wildman–Crippen LogP) is 4.12. The van der Waals surface area contributed by atoms with Crippen LogP contribution in [0, 0.1) is 23.5 Å². The molecule has 0 unspecified atom stereocenters. The molecule has 0 radical (unpaired) electrons. The minimum Gasteiger partial charge on any atom is -0.299 e. The van der Waals surface area contributed by atoms with E-state index in [4.69, 9.17) is 0 Å². The predicted molar refractivity (Wildman–Crippen MR) is 97.7 cm³/mol. The number of nitrogens with zero attached hydrogens (tertiary/aromatic N) is 2. The number of halogens is 3. The molecule has 134 valence electrons. The van der Waals surface area contributed by atoms with Gasteiger partial charge in [-0.2, -0.15) is 0 Å². The van der Waals surface area contributed by atoms with E-state index in [1.807, 2.05) is 6.07 Å². The minimum atomic E-state index is -0.441. The third kappa shape index (κ3) is 3.43. The Labute approximate surface area is 153 Å². The van der Waals surface area contributed by atoms with Crippen LogP contribution in [-0.2, 0) is 6.54 Å². The molecule has 2 saturated heterocycles. The minimum absolute atomic E-state index is 0. The Hall–Kier alpha value is -1.49. The lowest BCUT2D eigenvalue weighted by molar-refractivity contribution is 0.221. The maximum Gasteiger partial charge on any atom is 0.130 e. The molecular weight excluding hydrogens is 342 g/mol. The third-order valence-corrected chi connectivity index (χ3v) is 5.55. The van der Waals surface area contributed by atoms with E-state index in [0.717, 1.165) is 19.6 Å². The quantitative estimate of drug-likeness (QED) is 0.808. The molecular formula is C20H23ClF2N2. The summed E-state index contributed by atoms with van der Waals surface area (Å²) in [6.07, 6.45) is 0. The second kappa shape index (κ2) is 7.40. The fourth-order valence-corrected chi connectivity index (χ4v) is 4.54. The van der Waals surface area contributed by atoms with Gasteiger partial charge in [0, 0.05) is 37.8 Å². The molecule has 3 atom stereocenters. The number of likely N-dealkylation sites (tertiary alicyclic amines) is 2. The van der Waals surface area contributed by atoms with Gasteiger partial charge in [-0.1, -0.05) is 36.4 Å². The zero-order chi connectivity index (χ0) is 16.7. The van der Waals surface area contributed by atoms with Crippen molar-refractivity contribution in [3.05, 3.63) is 71.3 Å². The van der Waals surface area contributed by atoms with Gasteiger partial charge in [0.1, 0.15) is 11.6 Å². The SMILES string of the molecule is CN1C[C@H]2CN(Cc3c(F)cccc3F)C[C@H]2[C@@H]1c1ccccc1.Cl. The van der Waals surface area contributed by atoms with Crippen molar-refractivity contribution in [2.75, 3.05) is 26.7 Å². The molecule has 2 fully saturated rings. The Morgan fingerprint density at radius 2 is 1.60 bits per heavy atom. The van der Waals surface area contributed by atoms with E-state index in [-0.39, 0.29) is 18.0 Å². The van der Waals surface area contributed by atoms with Crippen LogP contribution in [0.3, 0.4) is 0 Å². The highest BCUT2D eigenvalue weighted by atomic mass is 35.5. The Bertz CT molecular complexity index is 705. The molecule has 0 aliphatic carbocycles. The molecule has 25 heavy (non-hydrogen) atoms. The highest BCUT2D eigenvalue weighted by Crippen LogP contribution is 2.44. The number of benzene rings is 2. The van der Waals surface area contributed by atoms with Crippen LogP contribution in [-0.4, -0.2) is 36.5 Å². The van der Waals surface area contributed by atoms with Crippen LogP contribution >= 0.6 is 12.4 Å². The monoisotopic (exact) mass is 364 g/mol. The van der Waals surface area contributed by atoms with E-state index in [0.29, 0.717) is 24.4 Å². The first-order valence-corrected chi connectivity index (χ1v) is 8.54. The number of hydrogen-bond acceptors (Lipinski definition) is 2. The average Bonchev–Trinajstić information content (AvgIpc) is 3.07. The fourth-order valence-electron chi connectivity index (χ4n) is 4.54. The number of hydrogen-bond donors (Lipinski definition) is 0. The van der Waals surface area contributed by atoms with Gasteiger partial charge in [-0.3, -0.25) is 9.80 Å². The summed E-state index contributed by atoms with van der Waals surface area (Å²) in [7, 11) is 2.18. The van der Waals surface area contributed by atoms with Crippen molar-refractivity contribution in [3.8, 4) is 0 Å². The Balaban J connectivity index is 0.00000182. The third-order valence-electron chi connectivity index (χ3n) is 5.55. The van der Waals surface area contributed by atoms with E-state index in [9.17, 15) is 8.78 Å². The maximum absolute atomic E-state index is 13.9. The molecule has 0 amide bonds.